The maximum Gasteiger partial charge on any atom is 0.187 e. The number of hydrogen-bond acceptors (Lipinski definition) is 15. The van der Waals surface area contributed by atoms with E-state index in [1.807, 2.05) is 0 Å². The Hall–Kier alpha value is -1.90. The van der Waals surface area contributed by atoms with Gasteiger partial charge in [0.25, 0.3) is 0 Å². The Morgan fingerprint density at radius 2 is 1.69 bits per heavy atom. The number of rotatable bonds is 7. The molecule has 8 N–H and O–H groups in total. The molecule has 1 aromatic heterocycles. The van der Waals surface area contributed by atoms with Gasteiger partial charge >= 0.3 is 0 Å². The fraction of sp³-hybridized carbons (Fsp3) is 0.857. The number of piperidine rings is 1. The second-order valence-corrected chi connectivity index (χ2v) is 19.4. The molecule has 4 aliphatic heterocycles. The van der Waals surface area contributed by atoms with Crippen LogP contribution < -0.4 is 0 Å². The highest BCUT2D eigenvalue weighted by molar-refractivity contribution is 5.38. The van der Waals surface area contributed by atoms with Crippen LogP contribution in [0.4, 0.5) is 0 Å². The van der Waals surface area contributed by atoms with Crippen molar-refractivity contribution in [3.8, 4) is 0 Å². The van der Waals surface area contributed by atoms with E-state index in [0.717, 1.165) is 57.9 Å². The monoisotopic (exact) mass is 816 g/mol. The van der Waals surface area contributed by atoms with Crippen LogP contribution >= 0.6 is 0 Å². The van der Waals surface area contributed by atoms with Crippen molar-refractivity contribution in [1.82, 2.24) is 19.9 Å². The van der Waals surface area contributed by atoms with Crippen molar-refractivity contribution in [3.63, 3.8) is 0 Å². The first-order valence-electron chi connectivity index (χ1n) is 21.7. The first-order valence-corrected chi connectivity index (χ1v) is 21.7. The number of nitrogens with zero attached hydrogens (tertiary/aromatic N) is 4. The summed E-state index contributed by atoms with van der Waals surface area (Å²) in [5.74, 6) is 2.51. The van der Waals surface area contributed by atoms with Crippen molar-refractivity contribution in [2.45, 2.75) is 171 Å². The molecule has 2 saturated carbocycles. The third-order valence-corrected chi connectivity index (χ3v) is 16.3. The molecule has 5 heterocycles. The van der Waals surface area contributed by atoms with Crippen molar-refractivity contribution < 1.29 is 59.8 Å². The van der Waals surface area contributed by atoms with Crippen LogP contribution in [-0.4, -0.2) is 159 Å². The summed E-state index contributed by atoms with van der Waals surface area (Å²) in [6.45, 7) is 9.50. The van der Waals surface area contributed by atoms with Crippen LogP contribution in [0.15, 0.2) is 29.0 Å². The molecular formula is C42H64N4O12. The van der Waals surface area contributed by atoms with E-state index in [0.29, 0.717) is 35.9 Å². The lowest BCUT2D eigenvalue weighted by molar-refractivity contribution is -0.347. The Balaban J connectivity index is 0.899. The van der Waals surface area contributed by atoms with Crippen molar-refractivity contribution >= 4 is 0 Å². The standard InChI is InChI=1S/C42H64N4O12/c1-19-11-29-32(21(3)42(58-29)10-8-25-26-6-5-22-12-24(49)7-9-41(22,4)28(26)13-27(25)20(42)2)45(14-19)15-23-16-46(44-43-23)39-36(53)35(52)38(31(18-48)55-39)57-40-37(54)34(51)33(50)30(17-47)56-40/h5,16,19,21,24-26,28-40,47-54H,6-15,17-18H2,1-4H3/t19-,21+,24-,25-,26-,28-,29+,30?,31?,32-,33+,34?,35?,36-,37-,38+,39+,40-,41-,42-/m0/s1. The molecule has 4 saturated heterocycles. The van der Waals surface area contributed by atoms with Crippen LogP contribution in [-0.2, 0) is 25.5 Å². The number of ether oxygens (including phenoxy) is 4. The zero-order valence-electron chi connectivity index (χ0n) is 34.0. The highest BCUT2D eigenvalue weighted by Gasteiger charge is 2.62. The lowest BCUT2D eigenvalue weighted by Crippen LogP contribution is -2.63. The van der Waals surface area contributed by atoms with Crippen molar-refractivity contribution in [2.24, 2.45) is 35.0 Å². The van der Waals surface area contributed by atoms with E-state index in [9.17, 15) is 40.9 Å². The molecule has 6 fully saturated rings. The molecule has 4 aliphatic carbocycles. The molecule has 8 aliphatic rings. The van der Waals surface area contributed by atoms with E-state index < -0.39 is 74.6 Å². The van der Waals surface area contributed by atoms with Gasteiger partial charge in [-0.25, -0.2) is 4.68 Å². The molecule has 0 aromatic carbocycles. The van der Waals surface area contributed by atoms with Crippen LogP contribution in [0.1, 0.15) is 91.0 Å². The predicted molar refractivity (Wildman–Crippen MR) is 204 cm³/mol. The van der Waals surface area contributed by atoms with E-state index in [1.54, 1.807) is 11.8 Å². The number of allylic oxidation sites excluding steroid dienone is 2. The molecule has 20 atom stereocenters. The lowest BCUT2D eigenvalue weighted by Gasteiger charge is -2.49. The second-order valence-electron chi connectivity index (χ2n) is 19.4. The van der Waals surface area contributed by atoms with Gasteiger partial charge in [0.05, 0.1) is 42.9 Å². The molecule has 0 bridgehead atoms. The Bertz CT molecular complexity index is 1740. The number of fused-ring (bicyclic) bond motifs is 6. The molecule has 1 aromatic rings. The largest absolute Gasteiger partial charge is 0.394 e. The Kier molecular flexibility index (Phi) is 11.1. The number of likely N-dealkylation sites (tertiary alicyclic amines) is 1. The molecule has 1 spiro atoms. The molecule has 58 heavy (non-hydrogen) atoms. The van der Waals surface area contributed by atoms with Gasteiger partial charge in [0.15, 0.2) is 12.5 Å². The molecule has 9 rings (SSSR count). The minimum atomic E-state index is -1.75. The number of hydrogen-bond donors (Lipinski definition) is 8. The fourth-order valence-corrected chi connectivity index (χ4v) is 13.2. The molecule has 16 nitrogen and oxygen atoms in total. The van der Waals surface area contributed by atoms with Crippen LogP contribution in [0.2, 0.25) is 0 Å². The maximum atomic E-state index is 11.3. The third kappa shape index (κ3) is 6.51. The zero-order valence-corrected chi connectivity index (χ0v) is 34.0. The van der Waals surface area contributed by atoms with Gasteiger partial charge in [-0.05, 0) is 93.0 Å². The van der Waals surface area contributed by atoms with E-state index in [-0.39, 0.29) is 35.2 Å². The first-order chi connectivity index (χ1) is 27.7. The quantitative estimate of drug-likeness (QED) is 0.173. The number of aliphatic hydroxyl groups is 8. The van der Waals surface area contributed by atoms with E-state index in [4.69, 9.17) is 18.9 Å². The van der Waals surface area contributed by atoms with Gasteiger partial charge in [0, 0.05) is 25.0 Å². The third-order valence-electron chi connectivity index (χ3n) is 16.3. The van der Waals surface area contributed by atoms with E-state index in [1.165, 1.54) is 15.8 Å². The van der Waals surface area contributed by atoms with Crippen LogP contribution in [0.3, 0.4) is 0 Å². The smallest absolute Gasteiger partial charge is 0.187 e. The summed E-state index contributed by atoms with van der Waals surface area (Å²) in [4.78, 5) is 2.48. The lowest BCUT2D eigenvalue weighted by atomic mass is 9.56. The molecule has 16 heteroatoms. The van der Waals surface area contributed by atoms with Crippen LogP contribution in [0.5, 0.6) is 0 Å². The zero-order chi connectivity index (χ0) is 41.0. The molecular weight excluding hydrogens is 752 g/mol. The van der Waals surface area contributed by atoms with Gasteiger partial charge in [-0.3, -0.25) is 4.90 Å². The normalized spacial score (nSPS) is 50.7. The fourth-order valence-electron chi connectivity index (χ4n) is 13.2. The van der Waals surface area contributed by atoms with E-state index in [2.05, 4.69) is 49.0 Å². The summed E-state index contributed by atoms with van der Waals surface area (Å²) < 4.78 is 25.9. The summed E-state index contributed by atoms with van der Waals surface area (Å²) >= 11 is 0. The first kappa shape index (κ1) is 41.5. The van der Waals surface area contributed by atoms with Crippen LogP contribution in [0, 0.1) is 35.0 Å². The van der Waals surface area contributed by atoms with Crippen molar-refractivity contribution in [1.29, 1.82) is 0 Å². The highest BCUT2D eigenvalue weighted by atomic mass is 16.7. The van der Waals surface area contributed by atoms with Crippen LogP contribution in [0.25, 0.3) is 0 Å². The molecule has 0 amide bonds. The minimum Gasteiger partial charge on any atom is -0.394 e. The number of aromatic nitrogens is 3. The summed E-state index contributed by atoms with van der Waals surface area (Å²) in [5, 5.41) is 92.4. The maximum absolute atomic E-state index is 11.3. The SMILES string of the molecule is CC1=C2C[C@H]3[C@@H](CC=C4C[C@@H](O)CC[C@@]43C)[C@@H]2CC[C@]12O[C@@H]1C[C@H](C)CN(Cc3cn([C@@H]4OC(CO)[C@@H](O[C@@H]5OC(CO)[C@@H](O)C(O)[C@@H]5O)C(O)[C@@H]4O)nn3)[C@H]1[C@H]2C. The summed E-state index contributed by atoms with van der Waals surface area (Å²) in [6.07, 6.45) is -2.86. The molecule has 4 unspecified atom stereocenters. The average molecular weight is 817 g/mol. The Labute approximate surface area is 339 Å². The van der Waals surface area contributed by atoms with Gasteiger partial charge in [-0.15, -0.1) is 5.10 Å². The summed E-state index contributed by atoms with van der Waals surface area (Å²) in [7, 11) is 0. The summed E-state index contributed by atoms with van der Waals surface area (Å²) in [6, 6.07) is 0.167. The Morgan fingerprint density at radius 3 is 2.45 bits per heavy atom. The van der Waals surface area contributed by atoms with Crippen molar-refractivity contribution in [3.05, 3.63) is 34.7 Å². The van der Waals surface area contributed by atoms with Gasteiger partial charge < -0.3 is 59.8 Å². The van der Waals surface area contributed by atoms with E-state index >= 15 is 0 Å². The highest BCUT2D eigenvalue weighted by Crippen LogP contribution is 2.65. The average Bonchev–Trinajstić information content (AvgIpc) is 3.90. The van der Waals surface area contributed by atoms with Gasteiger partial charge in [-0.1, -0.05) is 43.2 Å². The Morgan fingerprint density at radius 1 is 0.914 bits per heavy atom. The number of aliphatic hydroxyl groups excluding tert-OH is 8. The van der Waals surface area contributed by atoms with Gasteiger partial charge in [0.1, 0.15) is 48.8 Å². The topological polar surface area (TPSA) is 233 Å². The van der Waals surface area contributed by atoms with Crippen molar-refractivity contribution in [2.75, 3.05) is 19.8 Å². The second kappa shape index (κ2) is 15.5. The molecule has 0 radical (unpaired) electrons. The summed E-state index contributed by atoms with van der Waals surface area (Å²) in [5.41, 5.74) is 5.06. The van der Waals surface area contributed by atoms with Gasteiger partial charge in [-0.2, -0.15) is 0 Å². The predicted octanol–water partition coefficient (Wildman–Crippen LogP) is 0.303. The molecule has 324 valence electrons. The minimum absolute atomic E-state index is 0.0692. The van der Waals surface area contributed by atoms with Gasteiger partial charge in [0.2, 0.25) is 0 Å².